The van der Waals surface area contributed by atoms with Crippen molar-refractivity contribution in [2.45, 2.75) is 25.3 Å². The van der Waals surface area contributed by atoms with Crippen LogP contribution in [0.4, 0.5) is 0 Å². The van der Waals surface area contributed by atoms with Gasteiger partial charge in [0.15, 0.2) is 0 Å². The van der Waals surface area contributed by atoms with E-state index in [9.17, 15) is 9.82 Å². The lowest BCUT2D eigenvalue weighted by atomic mass is 9.72. The first kappa shape index (κ1) is 13.7. The van der Waals surface area contributed by atoms with Gasteiger partial charge in [-0.3, -0.25) is 4.79 Å². The molecule has 7 heteroatoms. The van der Waals surface area contributed by atoms with E-state index in [4.69, 9.17) is 4.65 Å². The summed E-state index contributed by atoms with van der Waals surface area (Å²) in [5, 5.41) is 12.8. The molecule has 1 aromatic carbocycles. The molecule has 108 valence electrons. The van der Waals surface area contributed by atoms with Crippen LogP contribution in [0.2, 0.25) is 0 Å². The number of rotatable bonds is 4. The van der Waals surface area contributed by atoms with Crippen LogP contribution >= 0.6 is 0 Å². The summed E-state index contributed by atoms with van der Waals surface area (Å²) >= 11 is 0. The molecule has 1 atom stereocenters. The zero-order valence-corrected chi connectivity index (χ0v) is 11.5. The summed E-state index contributed by atoms with van der Waals surface area (Å²) in [6.45, 7) is 0.562. The van der Waals surface area contributed by atoms with E-state index in [0.717, 1.165) is 5.56 Å². The first-order chi connectivity index (χ1) is 10.2. The molecule has 0 saturated carbocycles. The van der Waals surface area contributed by atoms with Crippen molar-refractivity contribution < 1.29 is 14.5 Å². The highest BCUT2D eigenvalue weighted by atomic mass is 16.5. The van der Waals surface area contributed by atoms with Gasteiger partial charge in [-0.2, -0.15) is 0 Å². The van der Waals surface area contributed by atoms with Gasteiger partial charge in [0, 0.05) is 25.4 Å². The Bertz CT molecular complexity index is 618. The van der Waals surface area contributed by atoms with Crippen molar-refractivity contribution in [3.05, 3.63) is 48.5 Å². The third-order valence-corrected chi connectivity index (χ3v) is 3.51. The monoisotopic (exact) mass is 285 g/mol. The number of aryl methyl sites for hydroxylation is 1. The average Bonchev–Trinajstić information content (AvgIpc) is 2.99. The fourth-order valence-corrected chi connectivity index (χ4v) is 2.39. The lowest BCUT2D eigenvalue weighted by molar-refractivity contribution is -0.121. The van der Waals surface area contributed by atoms with Crippen LogP contribution in [0.1, 0.15) is 12.0 Å². The molecule has 3 rings (SSSR count). The van der Waals surface area contributed by atoms with Gasteiger partial charge in [-0.05, 0) is 18.1 Å². The van der Waals surface area contributed by atoms with Crippen molar-refractivity contribution in [1.82, 2.24) is 14.9 Å². The maximum absolute atomic E-state index is 12.0. The predicted molar refractivity (Wildman–Crippen MR) is 77.5 cm³/mol. The molecule has 1 aliphatic heterocycles. The number of nitrogens with one attached hydrogen (secondary N) is 1. The summed E-state index contributed by atoms with van der Waals surface area (Å²) in [5.74, 6) is 0.139. The van der Waals surface area contributed by atoms with Gasteiger partial charge in [-0.15, -0.1) is 0 Å². The van der Waals surface area contributed by atoms with Crippen molar-refractivity contribution in [3.63, 3.8) is 0 Å². The molecule has 1 aromatic heterocycles. The molecular formula is C14H16BN3O3. The number of amides is 1. The van der Waals surface area contributed by atoms with Crippen LogP contribution in [0.5, 0.6) is 5.75 Å². The number of carbonyl (C=O) groups is 1. The zero-order valence-electron chi connectivity index (χ0n) is 11.5. The Kier molecular flexibility index (Phi) is 3.92. The Labute approximate surface area is 122 Å². The van der Waals surface area contributed by atoms with Gasteiger partial charge in [0.1, 0.15) is 5.75 Å². The summed E-state index contributed by atoms with van der Waals surface area (Å²) < 4.78 is 7.26. The molecule has 1 aliphatic rings. The molecule has 0 bridgehead atoms. The number of imidazole rings is 1. The van der Waals surface area contributed by atoms with Crippen molar-refractivity contribution in [1.29, 1.82) is 0 Å². The predicted octanol–water partition coefficient (Wildman–Crippen LogP) is 0.413. The minimum Gasteiger partial charge on any atom is -0.535 e. The molecular weight excluding hydrogens is 269 g/mol. The molecule has 1 amide bonds. The van der Waals surface area contributed by atoms with Crippen LogP contribution in [0.25, 0.3) is 0 Å². The molecule has 0 spiro atoms. The van der Waals surface area contributed by atoms with Crippen LogP contribution < -0.4 is 9.97 Å². The molecule has 2 aromatic rings. The third-order valence-electron chi connectivity index (χ3n) is 3.51. The zero-order chi connectivity index (χ0) is 14.7. The summed E-state index contributed by atoms with van der Waals surface area (Å²) in [5.41, 5.74) is 0.989. The van der Waals surface area contributed by atoms with E-state index in [-0.39, 0.29) is 5.91 Å². The van der Waals surface area contributed by atoms with Crippen molar-refractivity contribution in [2.24, 2.45) is 0 Å². The first-order valence-corrected chi connectivity index (χ1v) is 6.90. The van der Waals surface area contributed by atoms with Gasteiger partial charge >= 0.3 is 7.12 Å². The number of nitrogens with zero attached hydrogens (tertiary/aromatic N) is 2. The lowest BCUT2D eigenvalue weighted by Gasteiger charge is -2.27. The van der Waals surface area contributed by atoms with Gasteiger partial charge < -0.3 is 19.6 Å². The number of benzene rings is 1. The summed E-state index contributed by atoms with van der Waals surface area (Å²) in [6.07, 6.45) is 6.05. The minimum atomic E-state index is -1.02. The van der Waals surface area contributed by atoms with E-state index in [1.54, 1.807) is 12.5 Å². The number of fused-ring (bicyclic) bond motifs is 1. The van der Waals surface area contributed by atoms with E-state index in [2.05, 4.69) is 10.3 Å². The number of carbonyl (C=O) groups excluding carboxylic acids is 1. The number of aromatic nitrogens is 2. The highest BCUT2D eigenvalue weighted by Crippen LogP contribution is 2.25. The van der Waals surface area contributed by atoms with E-state index in [1.807, 2.05) is 35.0 Å². The van der Waals surface area contributed by atoms with Crippen LogP contribution in [0.3, 0.4) is 0 Å². The minimum absolute atomic E-state index is 0.115. The molecule has 6 nitrogen and oxygen atoms in total. The molecule has 0 unspecified atom stereocenters. The summed E-state index contributed by atoms with van der Waals surface area (Å²) in [6, 6.07) is 7.52. The maximum Gasteiger partial charge on any atom is 0.547 e. The topological polar surface area (TPSA) is 76.4 Å². The van der Waals surface area contributed by atoms with Gasteiger partial charge in [0.2, 0.25) is 5.91 Å². The Balaban J connectivity index is 1.56. The van der Waals surface area contributed by atoms with Gasteiger partial charge in [-0.25, -0.2) is 4.98 Å². The van der Waals surface area contributed by atoms with Crippen LogP contribution in [0.15, 0.2) is 43.0 Å². The van der Waals surface area contributed by atoms with Gasteiger partial charge in [0.25, 0.3) is 0 Å². The van der Waals surface area contributed by atoms with Gasteiger partial charge in [0.05, 0.1) is 12.3 Å². The van der Waals surface area contributed by atoms with Gasteiger partial charge in [-0.1, -0.05) is 18.2 Å². The number of hydrogen-bond donors (Lipinski definition) is 2. The highest BCUT2D eigenvalue weighted by Gasteiger charge is 2.35. The fraction of sp³-hybridized carbons (Fsp3) is 0.286. The summed E-state index contributed by atoms with van der Waals surface area (Å²) in [4.78, 5) is 15.9. The Morgan fingerprint density at radius 2 is 2.38 bits per heavy atom. The molecule has 2 N–H and O–H groups in total. The van der Waals surface area contributed by atoms with Crippen molar-refractivity contribution >= 4 is 13.0 Å². The van der Waals surface area contributed by atoms with E-state index in [0.29, 0.717) is 25.1 Å². The Morgan fingerprint density at radius 1 is 1.52 bits per heavy atom. The Hall–Kier alpha value is -2.28. The van der Waals surface area contributed by atoms with Crippen LogP contribution in [0, 0.1) is 0 Å². The quantitative estimate of drug-likeness (QED) is 0.798. The standard InChI is InChI=1S/C14H16BN3O3/c19-14(5-7-18-8-6-16-10-18)17-13-9-11-3-1-2-4-12(11)21-15(13)20/h1-4,6,8,10,13,20H,5,7,9H2,(H,17,19)/t13-/m0/s1. The average molecular weight is 285 g/mol. The second-order valence-electron chi connectivity index (χ2n) is 5.04. The number of para-hydroxylation sites is 1. The first-order valence-electron chi connectivity index (χ1n) is 6.90. The van der Waals surface area contributed by atoms with Crippen LogP contribution in [-0.2, 0) is 17.8 Å². The largest absolute Gasteiger partial charge is 0.547 e. The maximum atomic E-state index is 12.0. The third kappa shape index (κ3) is 3.25. The van der Waals surface area contributed by atoms with E-state index < -0.39 is 13.1 Å². The molecule has 0 aliphatic carbocycles. The van der Waals surface area contributed by atoms with Crippen molar-refractivity contribution in [3.8, 4) is 5.75 Å². The normalized spacial score (nSPS) is 17.0. The molecule has 0 fully saturated rings. The van der Waals surface area contributed by atoms with E-state index >= 15 is 0 Å². The smallest absolute Gasteiger partial charge is 0.535 e. The van der Waals surface area contributed by atoms with Crippen LogP contribution in [-0.4, -0.2) is 33.5 Å². The second kappa shape index (κ2) is 6.01. The van der Waals surface area contributed by atoms with E-state index in [1.165, 1.54) is 0 Å². The molecule has 0 radical (unpaired) electrons. The Morgan fingerprint density at radius 3 is 3.19 bits per heavy atom. The fourth-order valence-electron chi connectivity index (χ4n) is 2.39. The molecule has 0 saturated heterocycles. The molecule has 2 heterocycles. The SMILES string of the molecule is O=C(CCn1ccnc1)N[C@H]1Cc2ccccc2OB1O. The van der Waals surface area contributed by atoms with Crippen molar-refractivity contribution in [2.75, 3.05) is 0 Å². The lowest BCUT2D eigenvalue weighted by Crippen LogP contribution is -2.53. The summed E-state index contributed by atoms with van der Waals surface area (Å²) in [7, 11) is -1.02. The number of hydrogen-bond acceptors (Lipinski definition) is 4. The molecule has 21 heavy (non-hydrogen) atoms. The highest BCUT2D eigenvalue weighted by molar-refractivity contribution is 6.46. The second-order valence-corrected chi connectivity index (χ2v) is 5.04.